The fourth-order valence-corrected chi connectivity index (χ4v) is 1.97. The van der Waals surface area contributed by atoms with Crippen LogP contribution >= 0.6 is 0 Å². The highest BCUT2D eigenvalue weighted by Gasteiger charge is 2.23. The van der Waals surface area contributed by atoms with E-state index in [0.717, 1.165) is 24.9 Å². The van der Waals surface area contributed by atoms with E-state index < -0.39 is 22.2 Å². The number of hydrogen-bond donors (Lipinski definition) is 2. The Hall–Kier alpha value is -2.84. The minimum Gasteiger partial charge on any atom is -0.364 e. The largest absolute Gasteiger partial charge is 0.364 e. The lowest BCUT2D eigenvalue weighted by Crippen LogP contribution is -2.10. The number of benzene rings is 1. The Morgan fingerprint density at radius 3 is 2.58 bits per heavy atom. The first-order valence-electron chi connectivity index (χ1n) is 7.33. The van der Waals surface area contributed by atoms with E-state index in [1.165, 1.54) is 0 Å². The number of anilines is 3. The molecule has 0 amide bonds. The summed E-state index contributed by atoms with van der Waals surface area (Å²) in [6.45, 7) is 4.56. The quantitative estimate of drug-likeness (QED) is 0.588. The van der Waals surface area contributed by atoms with Crippen LogP contribution in [0.15, 0.2) is 24.5 Å². The maximum Gasteiger partial charge on any atom is 0.353 e. The summed E-state index contributed by atoms with van der Waals surface area (Å²) in [5.41, 5.74) is -0.517. The van der Waals surface area contributed by atoms with Crippen LogP contribution in [0.5, 0.6) is 0 Å². The zero-order chi connectivity index (χ0) is 17.7. The van der Waals surface area contributed by atoms with Gasteiger partial charge in [-0.1, -0.05) is 13.8 Å². The predicted octanol–water partition coefficient (Wildman–Crippen LogP) is 3.86. The van der Waals surface area contributed by atoms with Gasteiger partial charge in [0.05, 0.1) is 10.6 Å². The smallest absolute Gasteiger partial charge is 0.353 e. The van der Waals surface area contributed by atoms with Crippen molar-refractivity contribution in [3.05, 3.63) is 46.3 Å². The van der Waals surface area contributed by atoms with Gasteiger partial charge in [0.25, 0.3) is 0 Å². The molecule has 0 aliphatic heterocycles. The molecule has 7 nitrogen and oxygen atoms in total. The lowest BCUT2D eigenvalue weighted by molar-refractivity contribution is -0.383. The van der Waals surface area contributed by atoms with Crippen molar-refractivity contribution in [2.75, 3.05) is 17.2 Å². The molecule has 0 unspecified atom stereocenters. The summed E-state index contributed by atoms with van der Waals surface area (Å²) in [6.07, 6.45) is 1.94. The van der Waals surface area contributed by atoms with Crippen LogP contribution < -0.4 is 10.6 Å². The number of aromatic nitrogens is 2. The first kappa shape index (κ1) is 17.5. The maximum absolute atomic E-state index is 13.7. The van der Waals surface area contributed by atoms with Gasteiger partial charge in [0.15, 0.2) is 0 Å². The Balaban J connectivity index is 2.30. The van der Waals surface area contributed by atoms with Gasteiger partial charge >= 0.3 is 5.69 Å². The second-order valence-electron chi connectivity index (χ2n) is 5.54. The molecular weight excluding hydrogens is 320 g/mol. The fourth-order valence-electron chi connectivity index (χ4n) is 1.97. The molecular formula is C15H17F2N5O2. The number of rotatable bonds is 7. The molecule has 0 spiro atoms. The van der Waals surface area contributed by atoms with Crippen LogP contribution in [0.3, 0.4) is 0 Å². The molecule has 0 radical (unpaired) electrons. The van der Waals surface area contributed by atoms with Crippen LogP contribution in [-0.4, -0.2) is 21.4 Å². The molecule has 0 fully saturated rings. The zero-order valence-corrected chi connectivity index (χ0v) is 13.2. The fraction of sp³-hybridized carbons (Fsp3) is 0.333. The number of nitrogens with one attached hydrogen (secondary N) is 2. The first-order chi connectivity index (χ1) is 11.4. The maximum atomic E-state index is 13.7. The molecule has 2 N–H and O–H groups in total. The second-order valence-corrected chi connectivity index (χ2v) is 5.54. The molecule has 0 saturated heterocycles. The highest BCUT2D eigenvalue weighted by molar-refractivity contribution is 5.73. The van der Waals surface area contributed by atoms with Gasteiger partial charge in [0, 0.05) is 12.6 Å². The van der Waals surface area contributed by atoms with Crippen LogP contribution in [0.25, 0.3) is 0 Å². The molecule has 128 valence electrons. The van der Waals surface area contributed by atoms with Crippen molar-refractivity contribution in [2.24, 2.45) is 5.92 Å². The Kier molecular flexibility index (Phi) is 5.56. The standard InChI is InChI=1S/C15H17F2N5O2/c1-9(2)5-6-18-14-13(22(23)24)15(20-8-19-14)21-12-4-3-10(16)7-11(12)17/h3-4,7-9H,5-6H2,1-2H3,(H2,18,19,20,21). The Morgan fingerprint density at radius 1 is 1.25 bits per heavy atom. The monoisotopic (exact) mass is 337 g/mol. The van der Waals surface area contributed by atoms with Crippen LogP contribution in [0.1, 0.15) is 20.3 Å². The molecule has 0 bridgehead atoms. The average Bonchev–Trinajstić information content (AvgIpc) is 2.49. The molecule has 1 aromatic heterocycles. The number of nitrogens with zero attached hydrogens (tertiary/aromatic N) is 3. The summed E-state index contributed by atoms with van der Waals surface area (Å²) in [5.74, 6) is -1.33. The van der Waals surface area contributed by atoms with E-state index in [2.05, 4.69) is 20.6 Å². The summed E-state index contributed by atoms with van der Waals surface area (Å²) >= 11 is 0. The highest BCUT2D eigenvalue weighted by Crippen LogP contribution is 2.31. The zero-order valence-electron chi connectivity index (χ0n) is 13.2. The summed E-state index contributed by atoms with van der Waals surface area (Å²) in [5, 5.41) is 16.8. The molecule has 1 aromatic carbocycles. The average molecular weight is 337 g/mol. The summed E-state index contributed by atoms with van der Waals surface area (Å²) in [6, 6.07) is 2.86. The van der Waals surface area contributed by atoms with Crippen LogP contribution in [-0.2, 0) is 0 Å². The van der Waals surface area contributed by atoms with Gasteiger partial charge in [-0.2, -0.15) is 0 Å². The summed E-state index contributed by atoms with van der Waals surface area (Å²) < 4.78 is 26.7. The molecule has 0 saturated carbocycles. The third kappa shape index (κ3) is 4.34. The topological polar surface area (TPSA) is 93.0 Å². The van der Waals surface area contributed by atoms with Gasteiger partial charge in [0.2, 0.25) is 11.6 Å². The molecule has 0 atom stereocenters. The van der Waals surface area contributed by atoms with Crippen LogP contribution in [0, 0.1) is 27.7 Å². The molecule has 0 aliphatic carbocycles. The van der Waals surface area contributed by atoms with Gasteiger partial charge in [-0.3, -0.25) is 10.1 Å². The van der Waals surface area contributed by atoms with E-state index in [0.29, 0.717) is 18.5 Å². The number of nitro groups is 1. The lowest BCUT2D eigenvalue weighted by Gasteiger charge is -2.11. The Bertz CT molecular complexity index is 740. The van der Waals surface area contributed by atoms with Crippen molar-refractivity contribution in [1.82, 2.24) is 9.97 Å². The summed E-state index contributed by atoms with van der Waals surface area (Å²) in [4.78, 5) is 18.4. The van der Waals surface area contributed by atoms with Crippen molar-refractivity contribution in [2.45, 2.75) is 20.3 Å². The Labute approximate surface area is 137 Å². The number of halogens is 2. The van der Waals surface area contributed by atoms with Gasteiger partial charge in [-0.25, -0.2) is 18.7 Å². The molecule has 0 aliphatic rings. The molecule has 1 heterocycles. The van der Waals surface area contributed by atoms with Crippen molar-refractivity contribution < 1.29 is 13.7 Å². The molecule has 24 heavy (non-hydrogen) atoms. The third-order valence-corrected chi connectivity index (χ3v) is 3.20. The van der Waals surface area contributed by atoms with E-state index in [4.69, 9.17) is 0 Å². The molecule has 2 rings (SSSR count). The van der Waals surface area contributed by atoms with Crippen LogP contribution in [0.4, 0.5) is 31.8 Å². The van der Waals surface area contributed by atoms with Crippen LogP contribution in [0.2, 0.25) is 0 Å². The van der Waals surface area contributed by atoms with Crippen molar-refractivity contribution >= 4 is 23.0 Å². The minimum atomic E-state index is -0.878. The normalized spacial score (nSPS) is 10.7. The summed E-state index contributed by atoms with van der Waals surface area (Å²) in [7, 11) is 0. The van der Waals surface area contributed by atoms with Gasteiger partial charge < -0.3 is 10.6 Å². The van der Waals surface area contributed by atoms with Crippen molar-refractivity contribution in [3.8, 4) is 0 Å². The molecule has 2 aromatic rings. The van der Waals surface area contributed by atoms with E-state index >= 15 is 0 Å². The van der Waals surface area contributed by atoms with Crippen molar-refractivity contribution in [3.63, 3.8) is 0 Å². The number of hydrogen-bond acceptors (Lipinski definition) is 6. The minimum absolute atomic E-state index is 0.0423. The van der Waals surface area contributed by atoms with Gasteiger partial charge in [0.1, 0.15) is 18.0 Å². The highest BCUT2D eigenvalue weighted by atomic mass is 19.1. The Morgan fingerprint density at radius 2 is 1.96 bits per heavy atom. The van der Waals surface area contributed by atoms with Gasteiger partial charge in [-0.05, 0) is 24.5 Å². The first-order valence-corrected chi connectivity index (χ1v) is 7.33. The van der Waals surface area contributed by atoms with Crippen molar-refractivity contribution in [1.29, 1.82) is 0 Å². The van der Waals surface area contributed by atoms with E-state index in [9.17, 15) is 18.9 Å². The second kappa shape index (κ2) is 7.62. The third-order valence-electron chi connectivity index (χ3n) is 3.20. The predicted molar refractivity (Wildman–Crippen MR) is 86.3 cm³/mol. The van der Waals surface area contributed by atoms with E-state index in [1.807, 2.05) is 13.8 Å². The van der Waals surface area contributed by atoms with Gasteiger partial charge in [-0.15, -0.1) is 0 Å². The van der Waals surface area contributed by atoms with E-state index in [-0.39, 0.29) is 17.3 Å². The molecule has 9 heteroatoms. The lowest BCUT2D eigenvalue weighted by atomic mass is 10.1. The van der Waals surface area contributed by atoms with E-state index in [1.54, 1.807) is 0 Å². The SMILES string of the molecule is CC(C)CCNc1ncnc(Nc2ccc(F)cc2F)c1[N+](=O)[O-].